The highest BCUT2D eigenvalue weighted by Gasteiger charge is 2.26. The van der Waals surface area contributed by atoms with Crippen LogP contribution in [0.4, 0.5) is 5.82 Å². The smallest absolute Gasteiger partial charge is 0.336 e. The number of benzene rings is 1. The number of rotatable bonds is 4. The highest BCUT2D eigenvalue weighted by Crippen LogP contribution is 2.31. The van der Waals surface area contributed by atoms with E-state index in [1.807, 2.05) is 30.0 Å². The molecule has 0 spiro atoms. The minimum Gasteiger partial charge on any atom is -0.478 e. The van der Waals surface area contributed by atoms with Crippen LogP contribution in [0.15, 0.2) is 30.3 Å². The molecule has 1 saturated carbocycles. The van der Waals surface area contributed by atoms with Crippen LogP contribution in [0.3, 0.4) is 0 Å². The summed E-state index contributed by atoms with van der Waals surface area (Å²) >= 11 is 1.90. The maximum Gasteiger partial charge on any atom is 0.336 e. The van der Waals surface area contributed by atoms with Crippen molar-refractivity contribution in [2.45, 2.75) is 30.6 Å². The van der Waals surface area contributed by atoms with Gasteiger partial charge >= 0.3 is 5.97 Å². The molecular formula is C16H18N2O2S. The van der Waals surface area contributed by atoms with E-state index < -0.39 is 5.97 Å². The van der Waals surface area contributed by atoms with E-state index in [0.717, 1.165) is 11.3 Å². The molecule has 2 N–H and O–H groups in total. The minimum absolute atomic E-state index is 0.300. The first-order valence-corrected chi connectivity index (χ1v) is 8.40. The maximum absolute atomic E-state index is 11.2. The zero-order chi connectivity index (χ0) is 14.8. The molecule has 1 heterocycles. The summed E-state index contributed by atoms with van der Waals surface area (Å²) in [5, 5.41) is 14.0. The molecule has 1 aliphatic carbocycles. The summed E-state index contributed by atoms with van der Waals surface area (Å²) < 4.78 is 0. The summed E-state index contributed by atoms with van der Waals surface area (Å²) in [6, 6.07) is 9.38. The van der Waals surface area contributed by atoms with Crippen LogP contribution in [0.2, 0.25) is 0 Å². The molecule has 0 radical (unpaired) electrons. The average molecular weight is 302 g/mol. The maximum atomic E-state index is 11.2. The number of fused-ring (bicyclic) bond motifs is 1. The van der Waals surface area contributed by atoms with E-state index in [0.29, 0.717) is 22.2 Å². The molecule has 4 nitrogen and oxygen atoms in total. The number of hydrogen-bond acceptors (Lipinski definition) is 4. The predicted octanol–water partition coefficient (Wildman–Crippen LogP) is 3.63. The van der Waals surface area contributed by atoms with Crippen LogP contribution in [0, 0.1) is 0 Å². The Labute approximate surface area is 128 Å². The molecule has 0 aliphatic heterocycles. The molecule has 1 aliphatic rings. The van der Waals surface area contributed by atoms with Gasteiger partial charge in [-0.2, -0.15) is 11.8 Å². The number of carboxylic acids is 1. The monoisotopic (exact) mass is 302 g/mol. The van der Waals surface area contributed by atoms with Crippen molar-refractivity contribution in [1.82, 2.24) is 4.98 Å². The van der Waals surface area contributed by atoms with Gasteiger partial charge in [-0.05, 0) is 43.4 Å². The van der Waals surface area contributed by atoms with Gasteiger partial charge in [0.25, 0.3) is 0 Å². The van der Waals surface area contributed by atoms with Gasteiger partial charge in [-0.1, -0.05) is 12.5 Å². The Kier molecular flexibility index (Phi) is 4.01. The number of carboxylic acid groups (broad SMARTS) is 1. The van der Waals surface area contributed by atoms with Gasteiger partial charge in [-0.3, -0.25) is 0 Å². The summed E-state index contributed by atoms with van der Waals surface area (Å²) in [6.07, 6.45) is 5.81. The molecule has 110 valence electrons. The van der Waals surface area contributed by atoms with Gasteiger partial charge in [0.05, 0.1) is 11.1 Å². The molecule has 1 fully saturated rings. The van der Waals surface area contributed by atoms with Crippen LogP contribution >= 0.6 is 11.8 Å². The Morgan fingerprint density at radius 2 is 2.19 bits per heavy atom. The van der Waals surface area contributed by atoms with Crippen LogP contribution in [0.5, 0.6) is 0 Å². The molecule has 0 amide bonds. The van der Waals surface area contributed by atoms with Gasteiger partial charge in [0.1, 0.15) is 5.82 Å². The molecule has 0 bridgehead atoms. The molecule has 2 aromatic rings. The van der Waals surface area contributed by atoms with E-state index in [1.165, 1.54) is 19.3 Å². The van der Waals surface area contributed by atoms with Gasteiger partial charge in [-0.15, -0.1) is 0 Å². The van der Waals surface area contributed by atoms with Crippen molar-refractivity contribution in [3.63, 3.8) is 0 Å². The quantitative estimate of drug-likeness (QED) is 0.903. The fourth-order valence-corrected chi connectivity index (χ4v) is 3.92. The Balaban J connectivity index is 1.89. The van der Waals surface area contributed by atoms with Gasteiger partial charge in [0, 0.05) is 16.7 Å². The predicted molar refractivity (Wildman–Crippen MR) is 87.3 cm³/mol. The Hall–Kier alpha value is -1.75. The number of nitrogens with one attached hydrogen (secondary N) is 1. The van der Waals surface area contributed by atoms with Gasteiger partial charge in [0.2, 0.25) is 0 Å². The highest BCUT2D eigenvalue weighted by atomic mass is 32.2. The molecule has 3 rings (SSSR count). The lowest BCUT2D eigenvalue weighted by Crippen LogP contribution is -2.26. The number of carbonyl (C=O) groups is 1. The lowest BCUT2D eigenvalue weighted by atomic mass is 10.1. The number of pyridine rings is 1. The van der Waals surface area contributed by atoms with E-state index in [4.69, 9.17) is 0 Å². The molecule has 21 heavy (non-hydrogen) atoms. The van der Waals surface area contributed by atoms with Crippen molar-refractivity contribution in [2.75, 3.05) is 11.6 Å². The van der Waals surface area contributed by atoms with Crippen LogP contribution in [0.1, 0.15) is 29.6 Å². The number of thioether (sulfide) groups is 1. The minimum atomic E-state index is -0.915. The fourth-order valence-electron chi connectivity index (χ4n) is 2.99. The number of aromatic nitrogens is 1. The van der Waals surface area contributed by atoms with E-state index in [9.17, 15) is 9.90 Å². The number of hydrogen-bond donors (Lipinski definition) is 2. The van der Waals surface area contributed by atoms with Gasteiger partial charge in [-0.25, -0.2) is 9.78 Å². The van der Waals surface area contributed by atoms with Crippen molar-refractivity contribution in [3.05, 3.63) is 35.9 Å². The van der Waals surface area contributed by atoms with Crippen molar-refractivity contribution >= 4 is 34.5 Å². The van der Waals surface area contributed by atoms with E-state index in [-0.39, 0.29) is 0 Å². The topological polar surface area (TPSA) is 62.2 Å². The molecular weight excluding hydrogens is 284 g/mol. The zero-order valence-electron chi connectivity index (χ0n) is 11.9. The summed E-state index contributed by atoms with van der Waals surface area (Å²) in [5.41, 5.74) is 1.02. The summed E-state index contributed by atoms with van der Waals surface area (Å²) in [7, 11) is 0. The first-order valence-electron chi connectivity index (χ1n) is 7.11. The van der Waals surface area contributed by atoms with Crippen molar-refractivity contribution in [3.8, 4) is 0 Å². The Bertz CT molecular complexity index is 674. The van der Waals surface area contributed by atoms with Gasteiger partial charge < -0.3 is 10.4 Å². The molecule has 2 atom stereocenters. The zero-order valence-corrected chi connectivity index (χ0v) is 12.7. The van der Waals surface area contributed by atoms with Crippen LogP contribution in [-0.4, -0.2) is 33.6 Å². The number of nitrogens with zero attached hydrogens (tertiary/aromatic N) is 1. The first-order chi connectivity index (χ1) is 10.2. The fraction of sp³-hybridized carbons (Fsp3) is 0.375. The summed E-state index contributed by atoms with van der Waals surface area (Å²) in [5.74, 6) is -0.0858. The third-order valence-electron chi connectivity index (χ3n) is 4.05. The number of aromatic carboxylic acids is 1. The molecule has 5 heteroatoms. The molecule has 2 unspecified atom stereocenters. The lowest BCUT2D eigenvalue weighted by molar-refractivity contribution is 0.0699. The second-order valence-corrected chi connectivity index (χ2v) is 6.41. The first kappa shape index (κ1) is 14.2. The summed E-state index contributed by atoms with van der Waals surface area (Å²) in [4.78, 5) is 15.8. The van der Waals surface area contributed by atoms with Crippen molar-refractivity contribution in [1.29, 1.82) is 0 Å². The third-order valence-corrected chi connectivity index (χ3v) is 5.22. The van der Waals surface area contributed by atoms with Crippen molar-refractivity contribution < 1.29 is 9.90 Å². The highest BCUT2D eigenvalue weighted by molar-refractivity contribution is 7.99. The third kappa shape index (κ3) is 2.83. The molecule has 1 aromatic heterocycles. The van der Waals surface area contributed by atoms with E-state index in [1.54, 1.807) is 12.1 Å². The van der Waals surface area contributed by atoms with E-state index in [2.05, 4.69) is 16.6 Å². The average Bonchev–Trinajstić information content (AvgIpc) is 2.93. The largest absolute Gasteiger partial charge is 0.478 e. The number of anilines is 1. The van der Waals surface area contributed by atoms with Crippen LogP contribution in [-0.2, 0) is 0 Å². The van der Waals surface area contributed by atoms with Crippen LogP contribution < -0.4 is 5.32 Å². The van der Waals surface area contributed by atoms with Gasteiger partial charge in [0.15, 0.2) is 0 Å². The second kappa shape index (κ2) is 5.93. The van der Waals surface area contributed by atoms with Crippen LogP contribution in [0.25, 0.3) is 10.9 Å². The second-order valence-electron chi connectivity index (χ2n) is 5.33. The Morgan fingerprint density at radius 3 is 2.95 bits per heavy atom. The van der Waals surface area contributed by atoms with E-state index >= 15 is 0 Å². The molecule has 1 aromatic carbocycles. The normalized spacial score (nSPS) is 21.6. The summed E-state index contributed by atoms with van der Waals surface area (Å²) in [6.45, 7) is 0. The standard InChI is InChI=1S/C16H18N2O2S/c1-21-14-7-3-6-13(14)18-15-9-8-10-11(16(19)20)4-2-5-12(10)17-15/h2,4-5,8-9,13-14H,3,6-7H2,1H3,(H,17,18)(H,19,20). The van der Waals surface area contributed by atoms with Crippen molar-refractivity contribution in [2.24, 2.45) is 0 Å². The molecule has 0 saturated heterocycles. The lowest BCUT2D eigenvalue weighted by Gasteiger charge is -2.20. The SMILES string of the molecule is CSC1CCCC1Nc1ccc2c(C(=O)O)cccc2n1. The Morgan fingerprint density at radius 1 is 1.33 bits per heavy atom.